The van der Waals surface area contributed by atoms with Crippen LogP contribution in [0.3, 0.4) is 0 Å². The molecular weight excluding hydrogens is 180 g/mol. The molecule has 0 saturated heterocycles. The van der Waals surface area contributed by atoms with Gasteiger partial charge in [0, 0.05) is 18.0 Å². The molecule has 4 heteroatoms. The first kappa shape index (κ1) is 10.7. The van der Waals surface area contributed by atoms with Crippen LogP contribution in [0.4, 0.5) is 0 Å². The van der Waals surface area contributed by atoms with Crippen LogP contribution in [-0.4, -0.2) is 22.6 Å². The molecular formula is C10H14N2O2. The van der Waals surface area contributed by atoms with Gasteiger partial charge in [0.05, 0.1) is 0 Å². The summed E-state index contributed by atoms with van der Waals surface area (Å²) in [7, 11) is 0. The number of carboxylic acid groups (broad SMARTS) is 1. The molecule has 76 valence electrons. The number of hydrogen-bond acceptors (Lipinski definition) is 3. The fourth-order valence-electron chi connectivity index (χ4n) is 1.31. The van der Waals surface area contributed by atoms with Gasteiger partial charge < -0.3 is 10.4 Å². The predicted octanol–water partition coefficient (Wildman–Crippen LogP) is 1.13. The molecule has 0 saturated carbocycles. The quantitative estimate of drug-likeness (QED) is 0.754. The maximum atomic E-state index is 11.0. The fourth-order valence-corrected chi connectivity index (χ4v) is 1.31. The van der Waals surface area contributed by atoms with Crippen molar-refractivity contribution >= 4 is 5.97 Å². The minimum atomic E-state index is -0.872. The Morgan fingerprint density at radius 3 is 2.93 bits per heavy atom. The molecule has 0 amide bonds. The number of carbonyl (C=O) groups is 1. The minimum absolute atomic E-state index is 0.616. The number of rotatable bonds is 4. The van der Waals surface area contributed by atoms with Gasteiger partial charge >= 0.3 is 5.97 Å². The van der Waals surface area contributed by atoms with E-state index in [1.807, 2.05) is 19.9 Å². The van der Waals surface area contributed by atoms with E-state index in [1.165, 1.54) is 0 Å². The van der Waals surface area contributed by atoms with Crippen molar-refractivity contribution in [3.63, 3.8) is 0 Å². The highest BCUT2D eigenvalue weighted by Crippen LogP contribution is 2.15. The van der Waals surface area contributed by atoms with Gasteiger partial charge in [0.2, 0.25) is 0 Å². The summed E-state index contributed by atoms with van der Waals surface area (Å²) in [6, 6.07) is 1.15. The topological polar surface area (TPSA) is 62.2 Å². The molecule has 0 bridgehead atoms. The van der Waals surface area contributed by atoms with E-state index < -0.39 is 12.0 Å². The Kier molecular flexibility index (Phi) is 3.59. The van der Waals surface area contributed by atoms with E-state index in [-0.39, 0.29) is 0 Å². The summed E-state index contributed by atoms with van der Waals surface area (Å²) in [5, 5.41) is 11.9. The first-order valence-electron chi connectivity index (χ1n) is 4.53. The molecule has 1 aromatic heterocycles. The van der Waals surface area contributed by atoms with Crippen molar-refractivity contribution in [3.05, 3.63) is 29.6 Å². The Bertz CT molecular complexity index is 326. The standard InChI is InChI=1S/C10H14N2O2/c1-3-12-9(10(13)14)8-6-11-5-4-7(8)2/h4-6,9,12H,3H2,1-2H3,(H,13,14). The third kappa shape index (κ3) is 2.29. The summed E-state index contributed by atoms with van der Waals surface area (Å²) >= 11 is 0. The van der Waals surface area contributed by atoms with Crippen LogP contribution in [0, 0.1) is 6.92 Å². The van der Waals surface area contributed by atoms with Gasteiger partial charge in [0.25, 0.3) is 0 Å². The molecule has 1 aromatic rings. The molecule has 1 unspecified atom stereocenters. The van der Waals surface area contributed by atoms with Crippen LogP contribution in [0.2, 0.25) is 0 Å². The minimum Gasteiger partial charge on any atom is -0.480 e. The van der Waals surface area contributed by atoms with Crippen molar-refractivity contribution < 1.29 is 9.90 Å². The van der Waals surface area contributed by atoms with Gasteiger partial charge in [0.15, 0.2) is 0 Å². The zero-order chi connectivity index (χ0) is 10.6. The van der Waals surface area contributed by atoms with Crippen LogP contribution in [-0.2, 0) is 4.79 Å². The van der Waals surface area contributed by atoms with Gasteiger partial charge in [0.1, 0.15) is 6.04 Å². The monoisotopic (exact) mass is 194 g/mol. The maximum absolute atomic E-state index is 11.0. The molecule has 1 rings (SSSR count). The Morgan fingerprint density at radius 2 is 2.43 bits per heavy atom. The van der Waals surface area contributed by atoms with Gasteiger partial charge in [-0.2, -0.15) is 0 Å². The molecule has 14 heavy (non-hydrogen) atoms. The average Bonchev–Trinajstić information content (AvgIpc) is 2.15. The van der Waals surface area contributed by atoms with Crippen LogP contribution >= 0.6 is 0 Å². The third-order valence-corrected chi connectivity index (χ3v) is 2.05. The number of carboxylic acids is 1. The molecule has 0 aliphatic carbocycles. The van der Waals surface area contributed by atoms with E-state index in [0.29, 0.717) is 6.54 Å². The van der Waals surface area contributed by atoms with E-state index in [1.54, 1.807) is 12.4 Å². The predicted molar refractivity (Wildman–Crippen MR) is 53.0 cm³/mol. The summed E-state index contributed by atoms with van der Waals surface area (Å²) in [5.74, 6) is -0.872. The molecule has 1 atom stereocenters. The van der Waals surface area contributed by atoms with E-state index in [0.717, 1.165) is 11.1 Å². The summed E-state index contributed by atoms with van der Waals surface area (Å²) in [5.41, 5.74) is 1.66. The van der Waals surface area contributed by atoms with E-state index in [9.17, 15) is 4.79 Å². The molecule has 0 spiro atoms. The number of aromatic nitrogens is 1. The molecule has 0 aliphatic heterocycles. The highest BCUT2D eigenvalue weighted by Gasteiger charge is 2.19. The number of aliphatic carboxylic acids is 1. The highest BCUT2D eigenvalue weighted by atomic mass is 16.4. The van der Waals surface area contributed by atoms with Gasteiger partial charge in [-0.05, 0) is 25.1 Å². The van der Waals surface area contributed by atoms with Gasteiger partial charge in [-0.25, -0.2) is 0 Å². The van der Waals surface area contributed by atoms with Gasteiger partial charge in [-0.15, -0.1) is 0 Å². The number of aryl methyl sites for hydroxylation is 1. The highest BCUT2D eigenvalue weighted by molar-refractivity contribution is 5.75. The molecule has 0 radical (unpaired) electrons. The number of nitrogens with zero attached hydrogens (tertiary/aromatic N) is 1. The molecule has 0 aliphatic rings. The van der Waals surface area contributed by atoms with Crippen LogP contribution in [0.15, 0.2) is 18.5 Å². The zero-order valence-electron chi connectivity index (χ0n) is 8.32. The van der Waals surface area contributed by atoms with Crippen molar-refractivity contribution in [1.29, 1.82) is 0 Å². The van der Waals surface area contributed by atoms with Crippen molar-refractivity contribution in [2.45, 2.75) is 19.9 Å². The lowest BCUT2D eigenvalue weighted by atomic mass is 10.0. The van der Waals surface area contributed by atoms with Crippen LogP contribution in [0.25, 0.3) is 0 Å². The van der Waals surface area contributed by atoms with Crippen molar-refractivity contribution in [1.82, 2.24) is 10.3 Å². The Hall–Kier alpha value is -1.42. The number of likely N-dealkylation sites (N-methyl/N-ethyl adjacent to an activating group) is 1. The summed E-state index contributed by atoms with van der Waals surface area (Å²) < 4.78 is 0. The lowest BCUT2D eigenvalue weighted by molar-refractivity contribution is -0.139. The number of hydrogen-bond donors (Lipinski definition) is 2. The summed E-state index contributed by atoms with van der Waals surface area (Å²) in [4.78, 5) is 14.9. The molecule has 2 N–H and O–H groups in total. The van der Waals surface area contributed by atoms with Gasteiger partial charge in [-0.3, -0.25) is 9.78 Å². The number of pyridine rings is 1. The second-order valence-corrected chi connectivity index (χ2v) is 3.06. The SMILES string of the molecule is CCNC(C(=O)O)c1cnccc1C. The Balaban J connectivity index is 2.99. The lowest BCUT2D eigenvalue weighted by Gasteiger charge is -2.14. The second kappa shape index (κ2) is 4.72. The third-order valence-electron chi connectivity index (χ3n) is 2.05. The Labute approximate surface area is 83.0 Å². The first-order chi connectivity index (χ1) is 6.66. The second-order valence-electron chi connectivity index (χ2n) is 3.06. The molecule has 0 aromatic carbocycles. The van der Waals surface area contributed by atoms with Crippen molar-refractivity contribution in [2.75, 3.05) is 6.54 Å². The lowest BCUT2D eigenvalue weighted by Crippen LogP contribution is -2.28. The number of nitrogens with one attached hydrogen (secondary N) is 1. The first-order valence-corrected chi connectivity index (χ1v) is 4.53. The van der Waals surface area contributed by atoms with E-state index in [4.69, 9.17) is 5.11 Å². The van der Waals surface area contributed by atoms with E-state index in [2.05, 4.69) is 10.3 Å². The zero-order valence-corrected chi connectivity index (χ0v) is 8.32. The largest absolute Gasteiger partial charge is 0.480 e. The van der Waals surface area contributed by atoms with Gasteiger partial charge in [-0.1, -0.05) is 6.92 Å². The molecule has 4 nitrogen and oxygen atoms in total. The van der Waals surface area contributed by atoms with Crippen LogP contribution in [0.1, 0.15) is 24.1 Å². The molecule has 0 fully saturated rings. The average molecular weight is 194 g/mol. The maximum Gasteiger partial charge on any atom is 0.325 e. The summed E-state index contributed by atoms with van der Waals surface area (Å²) in [6.07, 6.45) is 3.25. The van der Waals surface area contributed by atoms with Crippen molar-refractivity contribution in [2.24, 2.45) is 0 Å². The molecule has 1 heterocycles. The fraction of sp³-hybridized carbons (Fsp3) is 0.400. The Morgan fingerprint density at radius 1 is 1.71 bits per heavy atom. The van der Waals surface area contributed by atoms with Crippen molar-refractivity contribution in [3.8, 4) is 0 Å². The normalized spacial score (nSPS) is 12.4. The van der Waals surface area contributed by atoms with Crippen LogP contribution < -0.4 is 5.32 Å². The van der Waals surface area contributed by atoms with Crippen LogP contribution in [0.5, 0.6) is 0 Å². The smallest absolute Gasteiger partial charge is 0.325 e. The summed E-state index contributed by atoms with van der Waals surface area (Å²) in [6.45, 7) is 4.37. The van der Waals surface area contributed by atoms with E-state index >= 15 is 0 Å².